The van der Waals surface area contributed by atoms with E-state index in [0.29, 0.717) is 13.2 Å². The van der Waals surface area contributed by atoms with Crippen LogP contribution < -0.4 is 14.8 Å². The molecule has 0 aliphatic carbocycles. The summed E-state index contributed by atoms with van der Waals surface area (Å²) in [7, 11) is 1.68. The second-order valence-electron chi connectivity index (χ2n) is 9.13. The third-order valence-electron chi connectivity index (χ3n) is 6.41. The van der Waals surface area contributed by atoms with Gasteiger partial charge >= 0.3 is 0 Å². The van der Waals surface area contributed by atoms with Gasteiger partial charge in [-0.25, -0.2) is 4.98 Å². The number of hydrogen-bond donors (Lipinski definition) is 1. The summed E-state index contributed by atoms with van der Waals surface area (Å²) in [6, 6.07) is 36.3. The smallest absolute Gasteiger partial charge is 0.182 e. The molecule has 3 aromatic carbocycles. The number of methoxy groups -OCH3 is 1. The van der Waals surface area contributed by atoms with Crippen LogP contribution in [0.1, 0.15) is 21.6 Å². The van der Waals surface area contributed by atoms with Crippen molar-refractivity contribution in [2.24, 2.45) is 0 Å². The summed E-state index contributed by atoms with van der Waals surface area (Å²) in [5.41, 5.74) is 4.86. The summed E-state index contributed by atoms with van der Waals surface area (Å²) in [4.78, 5) is 7.10. The summed E-state index contributed by atoms with van der Waals surface area (Å²) < 4.78 is 13.6. The van der Waals surface area contributed by atoms with E-state index in [-0.39, 0.29) is 0 Å². The highest BCUT2D eigenvalue weighted by Gasteiger charge is 2.18. The van der Waals surface area contributed by atoms with Gasteiger partial charge in [0.05, 0.1) is 16.9 Å². The van der Waals surface area contributed by atoms with Gasteiger partial charge in [0, 0.05) is 18.3 Å². The standard InChI is InChI=1S/C34H27N3O2S/c1-38-28-17-14-26(15-18-28)23-35-34-32(31-21-20-29(40-31)19-16-25-9-4-2-5-10-25)36-33-30(13-8-22-37(33)34)39-24-27-11-6-3-7-12-27/h2-15,17-18,20-22,35H,23-24H2,1H3. The molecule has 1 N–H and O–H groups in total. The van der Waals surface area contributed by atoms with Crippen molar-refractivity contribution in [2.45, 2.75) is 13.2 Å². The Morgan fingerprint density at radius 3 is 2.35 bits per heavy atom. The highest BCUT2D eigenvalue weighted by atomic mass is 32.1. The van der Waals surface area contributed by atoms with Crippen LogP contribution in [0.5, 0.6) is 11.5 Å². The normalized spacial score (nSPS) is 10.6. The van der Waals surface area contributed by atoms with Gasteiger partial charge in [0.1, 0.15) is 23.9 Å². The third kappa shape index (κ3) is 5.70. The van der Waals surface area contributed by atoms with Crippen molar-refractivity contribution in [3.63, 3.8) is 0 Å². The van der Waals surface area contributed by atoms with Crippen LogP contribution in [0.25, 0.3) is 16.2 Å². The van der Waals surface area contributed by atoms with Crippen molar-refractivity contribution in [3.05, 3.63) is 137 Å². The van der Waals surface area contributed by atoms with Gasteiger partial charge in [-0.2, -0.15) is 0 Å². The maximum Gasteiger partial charge on any atom is 0.182 e. The molecule has 6 rings (SSSR count). The van der Waals surface area contributed by atoms with Crippen LogP contribution >= 0.6 is 11.3 Å². The van der Waals surface area contributed by atoms with E-state index in [1.54, 1.807) is 18.4 Å². The first-order valence-corrected chi connectivity index (χ1v) is 13.8. The number of fused-ring (bicyclic) bond motifs is 1. The summed E-state index contributed by atoms with van der Waals surface area (Å²) in [6.45, 7) is 1.10. The highest BCUT2D eigenvalue weighted by molar-refractivity contribution is 7.16. The molecule has 6 aromatic rings. The molecule has 0 amide bonds. The molecule has 6 heteroatoms. The maximum absolute atomic E-state index is 6.25. The summed E-state index contributed by atoms with van der Waals surface area (Å²) >= 11 is 1.63. The van der Waals surface area contributed by atoms with Crippen LogP contribution in [-0.2, 0) is 13.2 Å². The van der Waals surface area contributed by atoms with Crippen LogP contribution in [0.4, 0.5) is 5.82 Å². The molecule has 0 radical (unpaired) electrons. The number of imidazole rings is 1. The quantitative estimate of drug-likeness (QED) is 0.201. The molecule has 0 saturated heterocycles. The van der Waals surface area contributed by atoms with Crippen molar-refractivity contribution in [2.75, 3.05) is 12.4 Å². The van der Waals surface area contributed by atoms with Crippen LogP contribution in [0.2, 0.25) is 0 Å². The van der Waals surface area contributed by atoms with E-state index in [1.165, 1.54) is 0 Å². The summed E-state index contributed by atoms with van der Waals surface area (Å²) in [5, 5.41) is 3.63. The minimum atomic E-state index is 0.468. The van der Waals surface area contributed by atoms with E-state index < -0.39 is 0 Å². The lowest BCUT2D eigenvalue weighted by atomic mass is 10.2. The van der Waals surface area contributed by atoms with Crippen LogP contribution in [0, 0.1) is 11.8 Å². The molecule has 0 fully saturated rings. The Bertz CT molecular complexity index is 1780. The molecule has 5 nitrogen and oxygen atoms in total. The number of benzene rings is 3. The molecular weight excluding hydrogens is 514 g/mol. The molecule has 0 bridgehead atoms. The first-order valence-electron chi connectivity index (χ1n) is 13.0. The van der Waals surface area contributed by atoms with Gasteiger partial charge in [-0.15, -0.1) is 11.3 Å². The number of thiophene rings is 1. The molecule has 0 atom stereocenters. The van der Waals surface area contributed by atoms with Gasteiger partial charge < -0.3 is 14.8 Å². The minimum absolute atomic E-state index is 0.468. The first-order chi connectivity index (χ1) is 19.8. The zero-order valence-corrected chi connectivity index (χ0v) is 22.8. The van der Waals surface area contributed by atoms with Crippen molar-refractivity contribution in [1.29, 1.82) is 0 Å². The Hall–Kier alpha value is -4.99. The van der Waals surface area contributed by atoms with Crippen molar-refractivity contribution < 1.29 is 9.47 Å². The van der Waals surface area contributed by atoms with E-state index in [9.17, 15) is 0 Å². The fourth-order valence-corrected chi connectivity index (χ4v) is 5.20. The van der Waals surface area contributed by atoms with Gasteiger partial charge in [0.25, 0.3) is 0 Å². The molecule has 40 heavy (non-hydrogen) atoms. The molecule has 0 aliphatic heterocycles. The second kappa shape index (κ2) is 11.8. The summed E-state index contributed by atoms with van der Waals surface area (Å²) in [6.07, 6.45) is 2.02. The van der Waals surface area contributed by atoms with E-state index in [1.807, 2.05) is 79.0 Å². The van der Waals surface area contributed by atoms with Gasteiger partial charge in [0.2, 0.25) is 0 Å². The number of aromatic nitrogens is 2. The summed E-state index contributed by atoms with van der Waals surface area (Å²) in [5.74, 6) is 9.02. The predicted octanol–water partition coefficient (Wildman–Crippen LogP) is 7.66. The third-order valence-corrected chi connectivity index (χ3v) is 7.42. The van der Waals surface area contributed by atoms with Crippen molar-refractivity contribution >= 4 is 22.8 Å². The number of pyridine rings is 1. The average molecular weight is 542 g/mol. The number of nitrogens with zero attached hydrogens (tertiary/aromatic N) is 2. The number of rotatable bonds is 8. The number of anilines is 1. The van der Waals surface area contributed by atoms with Crippen molar-refractivity contribution in [1.82, 2.24) is 9.38 Å². The lowest BCUT2D eigenvalue weighted by Gasteiger charge is -2.10. The monoisotopic (exact) mass is 541 g/mol. The predicted molar refractivity (Wildman–Crippen MR) is 162 cm³/mol. The van der Waals surface area contributed by atoms with Crippen molar-refractivity contribution in [3.8, 4) is 33.9 Å². The highest BCUT2D eigenvalue weighted by Crippen LogP contribution is 2.36. The first kappa shape index (κ1) is 25.3. The topological polar surface area (TPSA) is 47.8 Å². The second-order valence-corrected chi connectivity index (χ2v) is 10.2. The van der Waals surface area contributed by atoms with E-state index in [2.05, 4.69) is 58.0 Å². The van der Waals surface area contributed by atoms with Gasteiger partial charge in [0.15, 0.2) is 11.4 Å². The van der Waals surface area contributed by atoms with E-state index in [4.69, 9.17) is 14.5 Å². The Labute approximate surface area is 237 Å². The van der Waals surface area contributed by atoms with Gasteiger partial charge in [-0.1, -0.05) is 72.5 Å². The SMILES string of the molecule is COc1ccc(CNc2c(-c3ccc(C#Cc4ccccc4)s3)nc3c(OCc4ccccc4)cccn23)cc1. The zero-order valence-electron chi connectivity index (χ0n) is 22.0. The Kier molecular flexibility index (Phi) is 7.47. The van der Waals surface area contributed by atoms with Crippen LogP contribution in [-0.4, -0.2) is 16.5 Å². The van der Waals surface area contributed by atoms with Crippen LogP contribution in [0.3, 0.4) is 0 Å². The zero-order chi connectivity index (χ0) is 27.1. The molecule has 0 saturated carbocycles. The fraction of sp³-hybridized carbons (Fsp3) is 0.0882. The molecule has 3 heterocycles. The molecule has 0 aliphatic rings. The number of hydrogen-bond acceptors (Lipinski definition) is 5. The van der Waals surface area contributed by atoms with E-state index in [0.717, 1.165) is 55.1 Å². The Balaban J connectivity index is 1.35. The van der Waals surface area contributed by atoms with E-state index >= 15 is 0 Å². The molecule has 3 aromatic heterocycles. The fourth-order valence-electron chi connectivity index (χ4n) is 4.35. The number of nitrogens with one attached hydrogen (secondary N) is 1. The maximum atomic E-state index is 6.25. The molecule has 0 spiro atoms. The van der Waals surface area contributed by atoms with Gasteiger partial charge in [-0.05, 0) is 59.7 Å². The molecule has 0 unspecified atom stereocenters. The Morgan fingerprint density at radius 2 is 1.57 bits per heavy atom. The average Bonchev–Trinajstić information content (AvgIpc) is 3.64. The molecular formula is C34H27N3O2S. The largest absolute Gasteiger partial charge is 0.497 e. The number of ether oxygens (including phenoxy) is 2. The lowest BCUT2D eigenvalue weighted by molar-refractivity contribution is 0.308. The van der Waals surface area contributed by atoms with Gasteiger partial charge in [-0.3, -0.25) is 4.40 Å². The lowest BCUT2D eigenvalue weighted by Crippen LogP contribution is -2.04. The minimum Gasteiger partial charge on any atom is -0.497 e. The van der Waals surface area contributed by atoms with Crippen LogP contribution in [0.15, 0.2) is 115 Å². The molecule has 196 valence electrons. The Morgan fingerprint density at radius 1 is 0.800 bits per heavy atom.